The highest BCUT2D eigenvalue weighted by molar-refractivity contribution is 9.11. The largest absolute Gasteiger partial charge is 0.480 e. The molecule has 3 aromatic carbocycles. The summed E-state index contributed by atoms with van der Waals surface area (Å²) in [6.45, 7) is 3.15. The van der Waals surface area contributed by atoms with Gasteiger partial charge in [-0.05, 0) is 87.7 Å². The van der Waals surface area contributed by atoms with Crippen molar-refractivity contribution in [3.63, 3.8) is 0 Å². The molecule has 0 aliphatic carbocycles. The van der Waals surface area contributed by atoms with Crippen LogP contribution in [0.25, 0.3) is 22.3 Å². The fraction of sp³-hybridized carbons (Fsp3) is 0.185. The van der Waals surface area contributed by atoms with Gasteiger partial charge >= 0.3 is 12.1 Å². The molecular weight excluding hydrogens is 647 g/mol. The van der Waals surface area contributed by atoms with Crippen molar-refractivity contribution in [2.45, 2.75) is 26.1 Å². The molecule has 202 valence electrons. The van der Waals surface area contributed by atoms with Crippen molar-refractivity contribution in [3.05, 3.63) is 91.1 Å². The summed E-state index contributed by atoms with van der Waals surface area (Å²) in [5.41, 5.74) is -0.515. The number of benzene rings is 3. The average molecular weight is 667 g/mol. The van der Waals surface area contributed by atoms with E-state index in [1.165, 1.54) is 18.3 Å². The van der Waals surface area contributed by atoms with Gasteiger partial charge in [-0.3, -0.25) is 4.79 Å². The van der Waals surface area contributed by atoms with Crippen LogP contribution in [-0.4, -0.2) is 34.6 Å². The molecule has 0 atom stereocenters. The molecule has 1 aromatic heterocycles. The predicted molar refractivity (Wildman–Crippen MR) is 148 cm³/mol. The number of halogens is 5. The van der Waals surface area contributed by atoms with E-state index in [-0.39, 0.29) is 29.5 Å². The van der Waals surface area contributed by atoms with Crippen LogP contribution in [0.4, 0.5) is 13.2 Å². The molecule has 39 heavy (non-hydrogen) atoms. The fourth-order valence-corrected chi connectivity index (χ4v) is 5.05. The van der Waals surface area contributed by atoms with Gasteiger partial charge in [-0.15, -0.1) is 0 Å². The molecule has 0 saturated heterocycles. The normalized spacial score (nSPS) is 11.9. The third kappa shape index (κ3) is 6.74. The first kappa shape index (κ1) is 28.5. The lowest BCUT2D eigenvalue weighted by atomic mass is 10.1. The summed E-state index contributed by atoms with van der Waals surface area (Å²) in [5, 5.41) is 4.55. The highest BCUT2D eigenvalue weighted by atomic mass is 79.9. The fourth-order valence-electron chi connectivity index (χ4n) is 3.60. The minimum absolute atomic E-state index is 0.0530. The summed E-state index contributed by atoms with van der Waals surface area (Å²) in [6, 6.07) is 14.3. The first-order valence-corrected chi connectivity index (χ1v) is 13.1. The molecule has 7 nitrogen and oxygen atoms in total. The van der Waals surface area contributed by atoms with Crippen molar-refractivity contribution in [2.75, 3.05) is 6.61 Å². The Kier molecular flexibility index (Phi) is 8.55. The average Bonchev–Trinajstić information content (AvgIpc) is 2.86. The molecular formula is C27H20Br2F3N3O4. The Hall–Kier alpha value is -3.51. The number of fused-ring (bicyclic) bond motifs is 1. The maximum atomic E-state index is 13.4. The molecule has 0 fully saturated rings. The Balaban J connectivity index is 1.74. The number of esters is 1. The Labute approximate surface area is 237 Å². The highest BCUT2D eigenvalue weighted by Gasteiger charge is 2.31. The third-order valence-corrected chi connectivity index (χ3v) is 6.42. The van der Waals surface area contributed by atoms with E-state index in [4.69, 9.17) is 9.47 Å². The summed E-state index contributed by atoms with van der Waals surface area (Å²) in [5.74, 6) is -0.232. The summed E-state index contributed by atoms with van der Waals surface area (Å²) in [4.78, 5) is 29.6. The van der Waals surface area contributed by atoms with Gasteiger partial charge in [0.1, 0.15) is 5.75 Å². The highest BCUT2D eigenvalue weighted by Crippen LogP contribution is 2.35. The van der Waals surface area contributed by atoms with Crippen molar-refractivity contribution in [2.24, 2.45) is 5.10 Å². The monoisotopic (exact) mass is 665 g/mol. The van der Waals surface area contributed by atoms with Gasteiger partial charge in [0.05, 0.1) is 37.7 Å². The molecule has 0 saturated carbocycles. The molecule has 4 rings (SSSR count). The number of ether oxygens (including phenoxy) is 2. The smallest absolute Gasteiger partial charge is 0.416 e. The number of aromatic nitrogens is 2. The van der Waals surface area contributed by atoms with Crippen LogP contribution in [0.2, 0.25) is 0 Å². The van der Waals surface area contributed by atoms with Crippen LogP contribution < -0.4 is 10.3 Å². The maximum Gasteiger partial charge on any atom is 0.416 e. The second-order valence-electron chi connectivity index (χ2n) is 8.53. The number of nitrogens with zero attached hydrogens (tertiary/aromatic N) is 3. The standard InChI is InChI=1S/C27H20Br2F3N3O4/c1-15(2)39-23(36)14-38-24-20(28)10-16(11-21(24)29)13-33-35-25(17-6-5-7-18(12-17)27(30,31)32)34-22-9-4-3-8-19(22)26(35)37/h3-13,15H,14H2,1-2H3. The number of carbonyl (C=O) groups excluding carboxylic acids is 1. The summed E-state index contributed by atoms with van der Waals surface area (Å²) < 4.78 is 52.7. The van der Waals surface area contributed by atoms with E-state index < -0.39 is 23.3 Å². The summed E-state index contributed by atoms with van der Waals surface area (Å²) in [6.07, 6.45) is -3.49. The first-order chi connectivity index (χ1) is 18.4. The van der Waals surface area contributed by atoms with Crippen LogP contribution >= 0.6 is 31.9 Å². The second-order valence-corrected chi connectivity index (χ2v) is 10.2. The minimum atomic E-state index is -4.57. The number of para-hydroxylation sites is 1. The molecule has 0 aliphatic rings. The zero-order valence-corrected chi connectivity index (χ0v) is 23.7. The van der Waals surface area contributed by atoms with Crippen molar-refractivity contribution >= 4 is 54.9 Å². The predicted octanol–water partition coefficient (Wildman–Crippen LogP) is 6.82. The zero-order valence-electron chi connectivity index (χ0n) is 20.5. The number of alkyl halides is 3. The van der Waals surface area contributed by atoms with E-state index >= 15 is 0 Å². The molecule has 0 amide bonds. The quantitative estimate of drug-likeness (QED) is 0.160. The Bertz CT molecular complexity index is 1610. The van der Waals surface area contributed by atoms with Gasteiger partial charge in [-0.2, -0.15) is 22.9 Å². The van der Waals surface area contributed by atoms with Crippen molar-refractivity contribution < 1.29 is 27.4 Å². The van der Waals surface area contributed by atoms with Crippen molar-refractivity contribution in [1.29, 1.82) is 0 Å². The molecule has 0 bridgehead atoms. The molecule has 0 N–H and O–H groups in total. The summed E-state index contributed by atoms with van der Waals surface area (Å²) >= 11 is 6.79. The van der Waals surface area contributed by atoms with Gasteiger partial charge < -0.3 is 9.47 Å². The van der Waals surface area contributed by atoms with Gasteiger partial charge in [0.25, 0.3) is 5.56 Å². The van der Waals surface area contributed by atoms with E-state index in [0.717, 1.165) is 16.8 Å². The van der Waals surface area contributed by atoms with E-state index in [0.29, 0.717) is 25.8 Å². The molecule has 0 unspecified atom stereocenters. The lowest BCUT2D eigenvalue weighted by Gasteiger charge is -2.13. The lowest BCUT2D eigenvalue weighted by molar-refractivity contribution is -0.149. The van der Waals surface area contributed by atoms with Crippen molar-refractivity contribution in [3.8, 4) is 17.1 Å². The lowest BCUT2D eigenvalue weighted by Crippen LogP contribution is -2.20. The van der Waals surface area contributed by atoms with Crippen molar-refractivity contribution in [1.82, 2.24) is 9.66 Å². The Morgan fingerprint density at radius 2 is 1.77 bits per heavy atom. The van der Waals surface area contributed by atoms with Crippen LogP contribution in [0.5, 0.6) is 5.75 Å². The topological polar surface area (TPSA) is 82.8 Å². The zero-order chi connectivity index (χ0) is 28.3. The molecule has 0 spiro atoms. The molecule has 0 aliphatic heterocycles. The second kappa shape index (κ2) is 11.7. The minimum Gasteiger partial charge on any atom is -0.480 e. The molecule has 12 heteroatoms. The van der Waals surface area contributed by atoms with Crippen LogP contribution in [0.1, 0.15) is 25.0 Å². The van der Waals surface area contributed by atoms with E-state index in [1.807, 2.05) is 0 Å². The van der Waals surface area contributed by atoms with Crippen LogP contribution in [0.15, 0.2) is 79.5 Å². The first-order valence-electron chi connectivity index (χ1n) is 11.5. The van der Waals surface area contributed by atoms with Crippen LogP contribution in [-0.2, 0) is 15.7 Å². The number of hydrogen-bond acceptors (Lipinski definition) is 6. The number of rotatable bonds is 7. The third-order valence-electron chi connectivity index (χ3n) is 5.25. The maximum absolute atomic E-state index is 13.4. The molecule has 0 radical (unpaired) electrons. The molecule has 1 heterocycles. The van der Waals surface area contributed by atoms with Gasteiger partial charge in [0.15, 0.2) is 12.4 Å². The van der Waals surface area contributed by atoms with Crippen LogP contribution in [0, 0.1) is 0 Å². The molecule has 4 aromatic rings. The number of carbonyl (C=O) groups is 1. The van der Waals surface area contributed by atoms with Gasteiger partial charge in [-0.25, -0.2) is 9.78 Å². The van der Waals surface area contributed by atoms with Gasteiger partial charge in [0.2, 0.25) is 0 Å². The van der Waals surface area contributed by atoms with Gasteiger partial charge in [0, 0.05) is 5.56 Å². The Morgan fingerprint density at radius 1 is 1.08 bits per heavy atom. The number of hydrogen-bond donors (Lipinski definition) is 0. The van der Waals surface area contributed by atoms with Gasteiger partial charge in [-0.1, -0.05) is 24.3 Å². The van der Waals surface area contributed by atoms with E-state index in [1.54, 1.807) is 50.2 Å². The SMILES string of the molecule is CC(C)OC(=O)COc1c(Br)cc(C=Nn2c(-c3cccc(C(F)(F)F)c3)nc3ccccc3c2=O)cc1Br. The van der Waals surface area contributed by atoms with Crippen LogP contribution in [0.3, 0.4) is 0 Å². The Morgan fingerprint density at radius 3 is 2.44 bits per heavy atom. The van der Waals surface area contributed by atoms with E-state index in [9.17, 15) is 22.8 Å². The van der Waals surface area contributed by atoms with E-state index in [2.05, 4.69) is 41.9 Å². The summed E-state index contributed by atoms with van der Waals surface area (Å²) in [7, 11) is 0.